The van der Waals surface area contributed by atoms with Crippen molar-refractivity contribution in [3.05, 3.63) is 41.8 Å². The van der Waals surface area contributed by atoms with Gasteiger partial charge in [-0.1, -0.05) is 13.8 Å². The molecule has 0 aliphatic carbocycles. The molecule has 116 valence electrons. The van der Waals surface area contributed by atoms with E-state index in [-0.39, 0.29) is 17.0 Å². The van der Waals surface area contributed by atoms with Gasteiger partial charge in [0.2, 0.25) is 5.91 Å². The van der Waals surface area contributed by atoms with Gasteiger partial charge >= 0.3 is 0 Å². The van der Waals surface area contributed by atoms with E-state index in [1.165, 1.54) is 12.1 Å². The zero-order valence-corrected chi connectivity index (χ0v) is 13.4. The molecule has 22 heavy (non-hydrogen) atoms. The fourth-order valence-corrected chi connectivity index (χ4v) is 3.86. The molecule has 0 saturated carbocycles. The average molecular weight is 319 g/mol. The fraction of sp³-hybridized carbons (Fsp3) is 0.375. The number of carbonyl (C=O) groups is 1. The Morgan fingerprint density at radius 2 is 2.14 bits per heavy atom. The SMILES string of the molecule is CC(C)C[C@@H]1SCC(=O)Nc2c1cnn2-c1ccc(F)cc1. The minimum absolute atomic E-state index is 0.0265. The highest BCUT2D eigenvalue weighted by Gasteiger charge is 2.27. The highest BCUT2D eigenvalue weighted by Crippen LogP contribution is 2.41. The summed E-state index contributed by atoms with van der Waals surface area (Å²) in [5.74, 6) is 1.36. The Hall–Kier alpha value is -1.82. The van der Waals surface area contributed by atoms with Gasteiger partial charge in [0.15, 0.2) is 0 Å². The summed E-state index contributed by atoms with van der Waals surface area (Å²) >= 11 is 1.65. The zero-order valence-electron chi connectivity index (χ0n) is 12.5. The molecule has 0 unspecified atom stereocenters. The third kappa shape index (κ3) is 3.02. The van der Waals surface area contributed by atoms with E-state index in [0.717, 1.165) is 17.7 Å². The van der Waals surface area contributed by atoms with Gasteiger partial charge in [0.25, 0.3) is 0 Å². The van der Waals surface area contributed by atoms with Crippen LogP contribution in [0.15, 0.2) is 30.5 Å². The molecule has 0 bridgehead atoms. The second kappa shape index (κ2) is 6.12. The van der Waals surface area contributed by atoms with E-state index in [9.17, 15) is 9.18 Å². The maximum atomic E-state index is 13.1. The summed E-state index contributed by atoms with van der Waals surface area (Å²) in [5.41, 5.74) is 1.77. The van der Waals surface area contributed by atoms with Crippen LogP contribution in [0.2, 0.25) is 0 Å². The summed E-state index contributed by atoms with van der Waals surface area (Å²) in [6, 6.07) is 6.10. The molecular weight excluding hydrogens is 301 g/mol. The Morgan fingerprint density at radius 1 is 1.41 bits per heavy atom. The Kier molecular flexibility index (Phi) is 4.20. The molecule has 3 rings (SSSR count). The van der Waals surface area contributed by atoms with Gasteiger partial charge in [0.05, 0.1) is 17.6 Å². The third-order valence-electron chi connectivity index (χ3n) is 3.57. The number of hydrogen-bond donors (Lipinski definition) is 1. The number of nitrogens with zero attached hydrogens (tertiary/aromatic N) is 2. The lowest BCUT2D eigenvalue weighted by Gasteiger charge is -2.15. The van der Waals surface area contributed by atoms with Gasteiger partial charge in [-0.2, -0.15) is 5.10 Å². The van der Waals surface area contributed by atoms with Crippen molar-refractivity contribution in [3.8, 4) is 5.69 Å². The molecule has 1 aromatic heterocycles. The first-order valence-corrected chi connectivity index (χ1v) is 8.35. The molecule has 1 aliphatic rings. The van der Waals surface area contributed by atoms with Crippen molar-refractivity contribution < 1.29 is 9.18 Å². The highest BCUT2D eigenvalue weighted by molar-refractivity contribution is 8.00. The van der Waals surface area contributed by atoms with Crippen LogP contribution in [-0.2, 0) is 4.79 Å². The van der Waals surface area contributed by atoms with E-state index in [2.05, 4.69) is 24.3 Å². The van der Waals surface area contributed by atoms with Crippen molar-refractivity contribution in [2.45, 2.75) is 25.5 Å². The smallest absolute Gasteiger partial charge is 0.235 e. The van der Waals surface area contributed by atoms with Crippen LogP contribution in [0.4, 0.5) is 10.2 Å². The summed E-state index contributed by atoms with van der Waals surface area (Å²) in [6.07, 6.45) is 2.80. The first-order valence-electron chi connectivity index (χ1n) is 7.30. The lowest BCUT2D eigenvalue weighted by Crippen LogP contribution is -2.15. The fourth-order valence-electron chi connectivity index (χ4n) is 2.56. The van der Waals surface area contributed by atoms with Gasteiger partial charge < -0.3 is 5.32 Å². The van der Waals surface area contributed by atoms with Crippen LogP contribution in [0.3, 0.4) is 0 Å². The van der Waals surface area contributed by atoms with Gasteiger partial charge in [0.1, 0.15) is 11.6 Å². The van der Waals surface area contributed by atoms with E-state index < -0.39 is 0 Å². The van der Waals surface area contributed by atoms with Gasteiger partial charge in [-0.15, -0.1) is 11.8 Å². The maximum Gasteiger partial charge on any atom is 0.235 e. The van der Waals surface area contributed by atoms with Gasteiger partial charge in [-0.05, 0) is 36.6 Å². The molecule has 2 heterocycles. The summed E-state index contributed by atoms with van der Waals surface area (Å²) in [5, 5.41) is 7.57. The van der Waals surface area contributed by atoms with E-state index in [0.29, 0.717) is 17.5 Å². The van der Waals surface area contributed by atoms with Crippen molar-refractivity contribution in [1.82, 2.24) is 9.78 Å². The molecule has 1 atom stereocenters. The van der Waals surface area contributed by atoms with E-state index >= 15 is 0 Å². The van der Waals surface area contributed by atoms with Crippen LogP contribution in [-0.4, -0.2) is 21.4 Å². The molecule has 1 aromatic carbocycles. The number of amides is 1. The summed E-state index contributed by atoms with van der Waals surface area (Å²) in [7, 11) is 0. The molecule has 1 N–H and O–H groups in total. The monoisotopic (exact) mass is 319 g/mol. The number of nitrogens with one attached hydrogen (secondary N) is 1. The van der Waals surface area contributed by atoms with Crippen molar-refractivity contribution in [2.75, 3.05) is 11.1 Å². The molecule has 0 spiro atoms. The number of benzene rings is 1. The molecule has 6 heteroatoms. The van der Waals surface area contributed by atoms with E-state index in [1.807, 2.05) is 6.20 Å². The average Bonchev–Trinajstić information content (AvgIpc) is 2.81. The zero-order chi connectivity index (χ0) is 15.7. The lowest BCUT2D eigenvalue weighted by molar-refractivity contribution is -0.113. The third-order valence-corrected chi connectivity index (χ3v) is 4.85. The Morgan fingerprint density at radius 3 is 2.82 bits per heavy atom. The van der Waals surface area contributed by atoms with Crippen LogP contribution in [0.5, 0.6) is 0 Å². The van der Waals surface area contributed by atoms with Crippen molar-refractivity contribution >= 4 is 23.5 Å². The largest absolute Gasteiger partial charge is 0.310 e. The summed E-state index contributed by atoms with van der Waals surface area (Å²) < 4.78 is 14.8. The molecule has 1 aliphatic heterocycles. The first-order chi connectivity index (χ1) is 10.5. The molecular formula is C16H18FN3OS. The molecule has 4 nitrogen and oxygen atoms in total. The van der Waals surface area contributed by atoms with Gasteiger partial charge in [-0.25, -0.2) is 9.07 Å². The first kappa shape index (κ1) is 15.1. The van der Waals surface area contributed by atoms with Gasteiger partial charge in [0, 0.05) is 10.8 Å². The predicted molar refractivity (Wildman–Crippen MR) is 86.8 cm³/mol. The number of thioether (sulfide) groups is 1. The number of carbonyl (C=O) groups excluding carboxylic acids is 1. The highest BCUT2D eigenvalue weighted by atomic mass is 32.2. The Balaban J connectivity index is 2.03. The normalized spacial score (nSPS) is 18.0. The standard InChI is InChI=1S/C16H18FN3OS/c1-10(2)7-14-13-8-18-20(12-5-3-11(17)4-6-12)16(13)19-15(21)9-22-14/h3-6,8,10,14H,7,9H2,1-2H3,(H,19,21)/t14-/m0/s1. The molecule has 0 saturated heterocycles. The van der Waals surface area contributed by atoms with Crippen molar-refractivity contribution in [2.24, 2.45) is 5.92 Å². The maximum absolute atomic E-state index is 13.1. The second-order valence-corrected chi connectivity index (χ2v) is 7.01. The molecule has 0 radical (unpaired) electrons. The van der Waals surface area contributed by atoms with Crippen LogP contribution in [0.1, 0.15) is 31.1 Å². The number of hydrogen-bond acceptors (Lipinski definition) is 3. The predicted octanol–water partition coefficient (Wildman–Crippen LogP) is 3.78. The number of rotatable bonds is 3. The number of fused-ring (bicyclic) bond motifs is 1. The quantitative estimate of drug-likeness (QED) is 0.936. The van der Waals surface area contributed by atoms with Crippen LogP contribution in [0, 0.1) is 11.7 Å². The number of halogens is 1. The Labute approximate surface area is 133 Å². The molecule has 0 fully saturated rings. The van der Waals surface area contributed by atoms with Crippen LogP contribution in [0.25, 0.3) is 5.69 Å². The second-order valence-electron chi connectivity index (χ2n) is 5.81. The van der Waals surface area contributed by atoms with Crippen molar-refractivity contribution in [3.63, 3.8) is 0 Å². The number of anilines is 1. The Bertz CT molecular complexity index is 681. The minimum Gasteiger partial charge on any atom is -0.310 e. The number of aromatic nitrogens is 2. The van der Waals surface area contributed by atoms with Crippen molar-refractivity contribution in [1.29, 1.82) is 0 Å². The molecule has 2 aromatic rings. The van der Waals surface area contributed by atoms with Gasteiger partial charge in [-0.3, -0.25) is 4.79 Å². The van der Waals surface area contributed by atoms with Crippen LogP contribution >= 0.6 is 11.8 Å². The molecule has 1 amide bonds. The summed E-state index contributed by atoms with van der Waals surface area (Å²) in [6.45, 7) is 4.34. The van der Waals surface area contributed by atoms with Crippen LogP contribution < -0.4 is 5.32 Å². The summed E-state index contributed by atoms with van der Waals surface area (Å²) in [4.78, 5) is 12.0. The minimum atomic E-state index is -0.292. The van der Waals surface area contributed by atoms with E-state index in [1.54, 1.807) is 28.6 Å². The topological polar surface area (TPSA) is 46.9 Å². The lowest BCUT2D eigenvalue weighted by atomic mass is 10.0. The van der Waals surface area contributed by atoms with E-state index in [4.69, 9.17) is 0 Å².